The van der Waals surface area contributed by atoms with Crippen LogP contribution >= 0.6 is 0 Å². The fourth-order valence-corrected chi connectivity index (χ4v) is 6.12. The van der Waals surface area contributed by atoms with Gasteiger partial charge in [-0.15, -0.1) is 0 Å². The summed E-state index contributed by atoms with van der Waals surface area (Å²) in [7, 11) is 0. The van der Waals surface area contributed by atoms with Gasteiger partial charge in [-0.1, -0.05) is 34.6 Å². The van der Waals surface area contributed by atoms with Crippen LogP contribution < -0.4 is 21.3 Å². The lowest BCUT2D eigenvalue weighted by molar-refractivity contribution is -0.152. The third-order valence-electron chi connectivity index (χ3n) is 8.30. The first-order valence-electron chi connectivity index (χ1n) is 13.2. The number of Topliss-reactive ketones (excluding diaryl/α,β-unsaturated/α-hetero) is 1. The van der Waals surface area contributed by atoms with Crippen molar-refractivity contribution in [1.29, 1.82) is 0 Å². The van der Waals surface area contributed by atoms with Gasteiger partial charge in [-0.2, -0.15) is 0 Å². The summed E-state index contributed by atoms with van der Waals surface area (Å²) in [6.07, 6.45) is -0.0144. The molecule has 4 N–H and O–H groups in total. The molecule has 0 aromatic heterocycles. The zero-order valence-electron chi connectivity index (χ0n) is 23.4. The first-order valence-corrected chi connectivity index (χ1v) is 13.2. The number of urea groups is 1. The van der Waals surface area contributed by atoms with Crippen molar-refractivity contribution in [3.8, 4) is 0 Å². The average Bonchev–Trinajstić information content (AvgIpc) is 3.11. The highest BCUT2D eigenvalue weighted by Crippen LogP contribution is 2.65. The number of ketones is 1. The summed E-state index contributed by atoms with van der Waals surface area (Å²) in [6.45, 7) is 15.4. The van der Waals surface area contributed by atoms with Gasteiger partial charge >= 0.3 is 6.03 Å². The molecule has 0 aromatic carbocycles. The average molecular weight is 533 g/mol. The summed E-state index contributed by atoms with van der Waals surface area (Å²) >= 11 is 0. The van der Waals surface area contributed by atoms with Crippen molar-refractivity contribution < 1.29 is 28.8 Å². The Hall–Kier alpha value is -3.18. The van der Waals surface area contributed by atoms with Gasteiger partial charge in [0.15, 0.2) is 0 Å². The lowest BCUT2D eigenvalue weighted by Gasteiger charge is -2.38. The van der Waals surface area contributed by atoms with Gasteiger partial charge in [0.2, 0.25) is 23.5 Å². The number of likely N-dealkylation sites (tertiary alicyclic amines) is 1. The molecule has 3 heterocycles. The first-order chi connectivity index (χ1) is 17.3. The van der Waals surface area contributed by atoms with Gasteiger partial charge in [-0.25, -0.2) is 4.79 Å². The van der Waals surface area contributed by atoms with E-state index in [1.807, 2.05) is 55.4 Å². The third-order valence-corrected chi connectivity index (χ3v) is 8.30. The van der Waals surface area contributed by atoms with E-state index in [4.69, 9.17) is 0 Å². The number of piperidine rings is 2. The second-order valence-electron chi connectivity index (χ2n) is 13.7. The van der Waals surface area contributed by atoms with Crippen molar-refractivity contribution in [3.63, 3.8) is 0 Å². The molecule has 1 unspecified atom stereocenters. The highest BCUT2D eigenvalue weighted by molar-refractivity contribution is 6.39. The molecule has 3 aliphatic heterocycles. The lowest BCUT2D eigenvalue weighted by Crippen LogP contribution is -2.63. The standard InChI is InChI=1S/C26H40N6O6/c1-24(2,3)18(29-23(38)30-25(4,5)6)22(37)31-10-12-15(26(12,7)8)16(31)20(35)28-13-9-14-19(34)27-11-32(14)21(36)17(13)33/h12-16,18H,9-11H2,1-8H3,(H,27,34)(H,28,35)(H2,29,30,38)/t12-,13-,14-,15?,16-,18+/m0/s1. The molecule has 38 heavy (non-hydrogen) atoms. The Kier molecular flexibility index (Phi) is 6.55. The number of hydrogen-bond donors (Lipinski definition) is 4. The maximum atomic E-state index is 13.9. The molecule has 0 aromatic rings. The van der Waals surface area contributed by atoms with E-state index in [1.165, 1.54) is 9.80 Å². The van der Waals surface area contributed by atoms with Crippen molar-refractivity contribution in [1.82, 2.24) is 31.1 Å². The van der Waals surface area contributed by atoms with Crippen LogP contribution in [0.5, 0.6) is 0 Å². The van der Waals surface area contributed by atoms with Crippen LogP contribution in [0, 0.1) is 22.7 Å². The summed E-state index contributed by atoms with van der Waals surface area (Å²) in [5.74, 6) is -2.89. The summed E-state index contributed by atoms with van der Waals surface area (Å²) in [5, 5.41) is 10.9. The normalized spacial score (nSPS) is 30.7. The zero-order chi connectivity index (χ0) is 28.5. The molecule has 210 valence electrons. The predicted molar refractivity (Wildman–Crippen MR) is 136 cm³/mol. The molecule has 12 nitrogen and oxygen atoms in total. The van der Waals surface area contributed by atoms with Gasteiger partial charge in [0, 0.05) is 18.5 Å². The van der Waals surface area contributed by atoms with Gasteiger partial charge < -0.3 is 31.1 Å². The molecule has 4 rings (SSSR count). The van der Waals surface area contributed by atoms with Crippen molar-refractivity contribution in [3.05, 3.63) is 0 Å². The van der Waals surface area contributed by atoms with E-state index in [1.54, 1.807) is 0 Å². The predicted octanol–water partition coefficient (Wildman–Crippen LogP) is -0.276. The number of rotatable bonds is 4. The number of fused-ring (bicyclic) bond motifs is 2. The van der Waals surface area contributed by atoms with Crippen LogP contribution in [0.1, 0.15) is 61.8 Å². The van der Waals surface area contributed by atoms with Gasteiger partial charge in [-0.3, -0.25) is 24.0 Å². The Balaban J connectivity index is 1.55. The number of carbonyl (C=O) groups excluding carboxylic acids is 6. The van der Waals surface area contributed by atoms with Crippen LogP contribution in [0.3, 0.4) is 0 Å². The summed E-state index contributed by atoms with van der Waals surface area (Å²) in [5.41, 5.74) is -1.34. The Labute approximate surface area is 223 Å². The summed E-state index contributed by atoms with van der Waals surface area (Å²) in [4.78, 5) is 80.4. The number of nitrogens with one attached hydrogen (secondary N) is 4. The Morgan fingerprint density at radius 2 is 1.68 bits per heavy atom. The first kappa shape index (κ1) is 27.8. The molecular formula is C26H40N6O6. The Morgan fingerprint density at radius 1 is 1.05 bits per heavy atom. The Bertz CT molecular complexity index is 1090. The van der Waals surface area contributed by atoms with Crippen molar-refractivity contribution in [2.75, 3.05) is 13.2 Å². The van der Waals surface area contributed by atoms with Gasteiger partial charge in [0.25, 0.3) is 5.91 Å². The minimum atomic E-state index is -1.15. The van der Waals surface area contributed by atoms with Crippen LogP contribution in [-0.2, 0) is 24.0 Å². The van der Waals surface area contributed by atoms with Crippen LogP contribution in [0.2, 0.25) is 0 Å². The van der Waals surface area contributed by atoms with E-state index in [0.717, 1.165) is 0 Å². The molecule has 6 atom stereocenters. The SMILES string of the molecule is CC(C)(C)NC(=O)N[C@H](C(=O)N1C[C@H]2C([C@H]1C(=O)N[C@H]1C[C@H]3C(=O)NCN3C(=O)C1=O)C2(C)C)C(C)(C)C. The second-order valence-corrected chi connectivity index (χ2v) is 13.7. The van der Waals surface area contributed by atoms with E-state index < -0.39 is 58.7 Å². The smallest absolute Gasteiger partial charge is 0.315 e. The van der Waals surface area contributed by atoms with E-state index in [9.17, 15) is 28.8 Å². The van der Waals surface area contributed by atoms with Crippen molar-refractivity contribution in [2.24, 2.45) is 22.7 Å². The highest BCUT2D eigenvalue weighted by atomic mass is 16.2. The van der Waals surface area contributed by atoms with Gasteiger partial charge in [-0.05, 0) is 43.4 Å². The third kappa shape index (κ3) is 4.84. The number of carbonyl (C=O) groups is 6. The molecule has 3 saturated heterocycles. The summed E-state index contributed by atoms with van der Waals surface area (Å²) in [6, 6.07) is -4.21. The van der Waals surface area contributed by atoms with Crippen molar-refractivity contribution in [2.45, 2.75) is 91.5 Å². The maximum absolute atomic E-state index is 13.9. The van der Waals surface area contributed by atoms with Crippen LogP contribution in [-0.4, -0.2) is 88.2 Å². The lowest BCUT2D eigenvalue weighted by atomic mass is 9.85. The molecule has 4 fully saturated rings. The van der Waals surface area contributed by atoms with Gasteiger partial charge in [0.1, 0.15) is 18.1 Å². The molecule has 4 aliphatic rings. The number of amides is 6. The largest absolute Gasteiger partial charge is 0.344 e. The quantitative estimate of drug-likeness (QED) is 0.365. The second kappa shape index (κ2) is 8.94. The molecule has 0 bridgehead atoms. The van der Waals surface area contributed by atoms with Crippen LogP contribution in [0.25, 0.3) is 0 Å². The topological polar surface area (TPSA) is 157 Å². The Morgan fingerprint density at radius 3 is 2.26 bits per heavy atom. The fraction of sp³-hybridized carbons (Fsp3) is 0.769. The molecule has 1 aliphatic carbocycles. The van der Waals surface area contributed by atoms with Crippen LogP contribution in [0.4, 0.5) is 4.79 Å². The zero-order valence-corrected chi connectivity index (χ0v) is 23.4. The maximum Gasteiger partial charge on any atom is 0.315 e. The van der Waals surface area contributed by atoms with E-state index in [2.05, 4.69) is 21.3 Å². The molecule has 1 saturated carbocycles. The molecule has 12 heteroatoms. The molecule has 6 amide bonds. The molecule has 0 spiro atoms. The highest BCUT2D eigenvalue weighted by Gasteiger charge is 2.70. The van der Waals surface area contributed by atoms with E-state index in [0.29, 0.717) is 6.54 Å². The number of nitrogens with zero attached hydrogens (tertiary/aromatic N) is 2. The van der Waals surface area contributed by atoms with Gasteiger partial charge in [0.05, 0.1) is 12.7 Å². The van der Waals surface area contributed by atoms with E-state index >= 15 is 0 Å². The fourth-order valence-electron chi connectivity index (χ4n) is 6.12. The van der Waals surface area contributed by atoms with Crippen molar-refractivity contribution >= 4 is 35.4 Å². The minimum Gasteiger partial charge on any atom is -0.344 e. The molecular weight excluding hydrogens is 492 g/mol. The molecule has 0 radical (unpaired) electrons. The van der Waals surface area contributed by atoms with E-state index in [-0.39, 0.29) is 42.2 Å². The number of hydrogen-bond acceptors (Lipinski definition) is 6. The van der Waals surface area contributed by atoms with Crippen LogP contribution in [0.15, 0.2) is 0 Å². The minimum absolute atomic E-state index is 0.0144. The summed E-state index contributed by atoms with van der Waals surface area (Å²) < 4.78 is 0. The monoisotopic (exact) mass is 532 g/mol.